The van der Waals surface area contributed by atoms with Crippen LogP contribution in [-0.4, -0.2) is 372 Å². The molecule has 34 nitrogen and oxygen atoms in total. The zero-order valence-electron chi connectivity index (χ0n) is 44.3. The van der Waals surface area contributed by atoms with E-state index in [-0.39, 0.29) is 5.32 Å². The molecule has 14 bridgehead atoms. The van der Waals surface area contributed by atoms with Gasteiger partial charge < -0.3 is 84.6 Å². The van der Waals surface area contributed by atoms with Gasteiger partial charge in [0.1, 0.15) is 61.0 Å². The molecule has 22 rings (SSSR count). The molecule has 21 heterocycles. The smallest absolute Gasteiger partial charge is 0.394 e. The van der Waals surface area contributed by atoms with Gasteiger partial charge in [0.25, 0.3) is 0 Å². The van der Waals surface area contributed by atoms with Crippen LogP contribution in [0.2, 0.25) is 5.32 Å². The predicted molar refractivity (Wildman–Crippen MR) is 262 cm³/mol. The fourth-order valence-corrected chi connectivity index (χ4v) is 13.5. The monoisotopic (exact) mass is 1290 g/mol. The summed E-state index contributed by atoms with van der Waals surface area (Å²) in [6.45, 7) is -6.15. The minimum absolute atomic E-state index is 0.0523. The Bertz CT molecular complexity index is 2150. The fraction of sp³-hybridized carbons (Fsp3) is 0.878. The summed E-state index contributed by atoms with van der Waals surface area (Å²) in [7, 11) is 0. The molecular weight excluding hydrogens is 1210 g/mol. The number of aliphatic hydroxyl groups is 20. The summed E-state index contributed by atoms with van der Waals surface area (Å²) in [6.07, 6.45) is -68.5. The minimum atomic E-state index is -2.20. The van der Waals surface area contributed by atoms with Crippen molar-refractivity contribution >= 4 is 15.0 Å². The summed E-state index contributed by atoms with van der Waals surface area (Å²) in [5.41, 5.74) is 0.906. The molecule has 21 aliphatic rings. The van der Waals surface area contributed by atoms with Gasteiger partial charge in [-0.15, -0.1) is 0 Å². The van der Waals surface area contributed by atoms with E-state index in [1.165, 1.54) is 0 Å². The predicted octanol–water partition coefficient (Wildman–Crippen LogP) is -12.9. The quantitative estimate of drug-likeness (QED) is 0.0967. The third-order valence-electron chi connectivity index (χ3n) is 16.0. The minimum Gasteiger partial charge on any atom is -0.394 e. The van der Waals surface area contributed by atoms with E-state index >= 15 is 0 Å². The van der Waals surface area contributed by atoms with Gasteiger partial charge in [-0.25, -0.2) is 0 Å². The Morgan fingerprint density at radius 2 is 0.440 bits per heavy atom. The van der Waals surface area contributed by atoms with E-state index in [1.807, 2.05) is 30.3 Å². The Kier molecular flexibility index (Phi) is 23.2. The van der Waals surface area contributed by atoms with Crippen LogP contribution in [0.4, 0.5) is 0 Å². The second-order valence-electron chi connectivity index (χ2n) is 21.5. The number of aliphatic hydroxyl groups excluding tert-OH is 20. The molecule has 20 N–H and O–H groups in total. The summed E-state index contributed by atoms with van der Waals surface area (Å²) in [6, 6.07) is 9.14. The molecule has 482 valence electrons. The molecule has 1 aromatic carbocycles. The van der Waals surface area contributed by atoms with Gasteiger partial charge in [-0.2, -0.15) is 0 Å². The summed E-state index contributed by atoms with van der Waals surface area (Å²) < 4.78 is 81.6. The fourth-order valence-electron chi connectivity index (χ4n) is 11.3. The normalized spacial score (nSPS) is 51.7. The van der Waals surface area contributed by atoms with Crippen molar-refractivity contribution in [1.29, 1.82) is 0 Å². The van der Waals surface area contributed by atoms with Gasteiger partial charge in [0.2, 0.25) is 0 Å². The third kappa shape index (κ3) is 13.7. The summed E-state index contributed by atoms with van der Waals surface area (Å²) in [5.74, 6) is 0. The maximum absolute atomic E-state index is 11.8. The van der Waals surface area contributed by atoms with Gasteiger partial charge in [0, 0.05) is 0 Å². The van der Waals surface area contributed by atoms with Crippen LogP contribution >= 0.6 is 0 Å². The van der Waals surface area contributed by atoms with Crippen LogP contribution in [0, 0.1) is 0 Å². The summed E-state index contributed by atoms with van der Waals surface area (Å²) in [5, 5.41) is 224. The van der Waals surface area contributed by atoms with Crippen molar-refractivity contribution in [2.24, 2.45) is 0 Å². The van der Waals surface area contributed by atoms with Crippen LogP contribution in [-0.2, 0) is 71.6 Å². The second-order valence-corrected chi connectivity index (χ2v) is 23.6. The molecule has 35 heteroatoms. The molecule has 84 heavy (non-hydrogen) atoms. The van der Waals surface area contributed by atoms with Crippen LogP contribution in [0.25, 0.3) is 0 Å². The SMILES string of the molecule is OC[C@H]1O[C@@H]2O[C@H]3[C@H](O)[C@@H](O)[C@@H](O[C@H]4[C@H](O)[C@@H](O)[C@@H](O[C@H]5[C@H](O)[C@@H](O)[C@@H](O[C@H]6[C@H](O)[C@@H](O)[C@@H](O[C@H]7[C@H](O)[C@@H](O)[C@@H](O[C@H]8[C@H](O)[C@@H](O)[C@@H](O[C@H]1[C@H](O)[C@H]2O)O[C@@H]8CO)O[C@@H]7CO)O[C@@H]6CO)O[C@@H]5C[Se]Cc1ccccc1)O[C@@H]4CO)O[C@@H]3CO. The number of hydrogen-bond donors (Lipinski definition) is 20. The number of benzene rings is 1. The van der Waals surface area contributed by atoms with E-state index < -0.39 is 270 Å². The van der Waals surface area contributed by atoms with Crippen molar-refractivity contribution in [3.05, 3.63) is 35.9 Å². The Morgan fingerprint density at radius 1 is 0.250 bits per heavy atom. The van der Waals surface area contributed by atoms with Gasteiger partial charge in [0.05, 0.1) is 26.4 Å². The van der Waals surface area contributed by atoms with Crippen molar-refractivity contribution in [2.45, 2.75) is 226 Å². The van der Waals surface area contributed by atoms with Gasteiger partial charge in [-0.3, -0.25) is 0 Å². The molecular formula is C49H76O34Se. The first-order valence-electron chi connectivity index (χ1n) is 27.1. The summed E-state index contributed by atoms with van der Waals surface area (Å²) in [4.78, 5) is 0. The second kappa shape index (κ2) is 29.1. The van der Waals surface area contributed by atoms with E-state index in [9.17, 15) is 102 Å². The number of ether oxygens (including phenoxy) is 14. The molecule has 1 aromatic rings. The van der Waals surface area contributed by atoms with Gasteiger partial charge >= 0.3 is 294 Å². The Balaban J connectivity index is 1.01. The zero-order chi connectivity index (χ0) is 60.6. The van der Waals surface area contributed by atoms with Crippen LogP contribution in [0.15, 0.2) is 30.3 Å². The molecule has 35 atom stereocenters. The summed E-state index contributed by atoms with van der Waals surface area (Å²) >= 11 is -0.404. The average molecular weight is 1290 g/mol. The van der Waals surface area contributed by atoms with E-state index in [2.05, 4.69) is 0 Å². The topological polar surface area (TPSA) is 534 Å². The molecule has 0 amide bonds. The molecule has 0 saturated carbocycles. The molecule has 21 aliphatic heterocycles. The van der Waals surface area contributed by atoms with Gasteiger partial charge in [-0.1, -0.05) is 0 Å². The third-order valence-corrected chi connectivity index (χ3v) is 18.3. The van der Waals surface area contributed by atoms with E-state index in [1.54, 1.807) is 0 Å². The van der Waals surface area contributed by atoms with Crippen LogP contribution in [0.1, 0.15) is 5.56 Å². The average Bonchev–Trinajstić information content (AvgIpc) is 2.18. The van der Waals surface area contributed by atoms with E-state index in [0.29, 0.717) is 5.32 Å². The first kappa shape index (κ1) is 66.8. The van der Waals surface area contributed by atoms with Crippen LogP contribution in [0.5, 0.6) is 0 Å². The first-order chi connectivity index (χ1) is 40.2. The molecule has 0 aliphatic carbocycles. The molecule has 0 radical (unpaired) electrons. The van der Waals surface area contributed by atoms with Crippen molar-refractivity contribution in [3.63, 3.8) is 0 Å². The molecule has 21 saturated heterocycles. The number of hydrogen-bond acceptors (Lipinski definition) is 34. The van der Waals surface area contributed by atoms with Gasteiger partial charge in [-0.05, 0) is 0 Å². The van der Waals surface area contributed by atoms with Crippen LogP contribution in [0.3, 0.4) is 0 Å². The van der Waals surface area contributed by atoms with E-state index in [0.717, 1.165) is 5.56 Å². The Morgan fingerprint density at radius 3 is 0.643 bits per heavy atom. The molecule has 0 aromatic heterocycles. The van der Waals surface area contributed by atoms with E-state index in [4.69, 9.17) is 66.3 Å². The van der Waals surface area contributed by atoms with Crippen LogP contribution < -0.4 is 0 Å². The Hall–Kier alpha value is -1.62. The van der Waals surface area contributed by atoms with Crippen molar-refractivity contribution < 1.29 is 168 Å². The molecule has 0 unspecified atom stereocenters. The number of rotatable bonds is 10. The zero-order valence-corrected chi connectivity index (χ0v) is 46.0. The Labute approximate surface area is 483 Å². The van der Waals surface area contributed by atoms with Crippen molar-refractivity contribution in [2.75, 3.05) is 39.6 Å². The molecule has 0 spiro atoms. The maximum atomic E-state index is 11.8. The van der Waals surface area contributed by atoms with Crippen molar-refractivity contribution in [3.8, 4) is 0 Å². The standard InChI is InChI=1S/C49H76O34Se/c50-6-15-36-23(57)30(64)44(71-15)79-38-17(8-52)73-46(32(66)25(38)59)81-40-19(10-54)75-48(34(68)27(40)61)83-42-21(13-84-12-14-4-2-1-3-5-14)76-49(35(69)28(42)62)82-41-20(11-55)74-47(33(67)26(41)60)80-39-18(9-53)72-45(31(65)24(39)58)78-37-16(7-51)70-43(77-36)29(63)22(37)56/h1-5,15-69H,6-13H2/t15-,16-,17-,18-,19-,20-,21-,22-,23-,24-,25-,26-,27-,28-,29-,30-,31-,32-,33-,34-,35-,36-,37-,38-,39-,40-,41-,42-,43-,44-,45-,46-,47-,48-,49-/m1/s1. The van der Waals surface area contributed by atoms with Gasteiger partial charge in [0.15, 0.2) is 18.9 Å². The van der Waals surface area contributed by atoms with Crippen molar-refractivity contribution in [1.82, 2.24) is 0 Å². The first-order valence-corrected chi connectivity index (χ1v) is 29.6. The molecule has 21 fully saturated rings.